The molecule has 28 heavy (non-hydrogen) atoms. The molecule has 1 amide bonds. The number of fused-ring (bicyclic) bond motifs is 5. The molecule has 7 heteroatoms. The van der Waals surface area contributed by atoms with Gasteiger partial charge in [0, 0.05) is 29.4 Å². The zero-order chi connectivity index (χ0) is 20.1. The van der Waals surface area contributed by atoms with E-state index in [1.807, 2.05) is 31.2 Å². The van der Waals surface area contributed by atoms with Crippen molar-refractivity contribution in [2.75, 3.05) is 13.7 Å². The molecule has 0 saturated carbocycles. The van der Waals surface area contributed by atoms with Crippen molar-refractivity contribution in [1.29, 1.82) is 0 Å². The summed E-state index contributed by atoms with van der Waals surface area (Å²) < 4.78 is 10.4. The molecule has 1 fully saturated rings. The Morgan fingerprint density at radius 2 is 2.04 bits per heavy atom. The van der Waals surface area contributed by atoms with E-state index < -0.39 is 23.5 Å². The fraction of sp³-hybridized carbons (Fsp3) is 0.476. The van der Waals surface area contributed by atoms with Crippen LogP contribution in [0.1, 0.15) is 37.9 Å². The Balaban J connectivity index is 1.97. The number of carbonyl (C=O) groups excluding carboxylic acids is 3. The molecule has 1 aromatic heterocycles. The standard InChI is InChI=1S/C21H24N2O5/c1-4-28-19(25)14-9-10-17(24)23-16(20(26)27-3)11-13-12-7-5-6-8-15(12)22-18(13)21(14,23)2/h5-8,14,16,22H,4,9-11H2,1-3H3/t14-,16+,21-/m1/s1. The predicted molar refractivity (Wildman–Crippen MR) is 101 cm³/mol. The Morgan fingerprint density at radius 1 is 1.29 bits per heavy atom. The normalized spacial score (nSPS) is 26.5. The molecule has 2 aliphatic heterocycles. The lowest BCUT2D eigenvalue weighted by atomic mass is 9.70. The van der Waals surface area contributed by atoms with Gasteiger partial charge in [-0.2, -0.15) is 0 Å². The van der Waals surface area contributed by atoms with E-state index in [2.05, 4.69) is 4.98 Å². The number of nitrogens with one attached hydrogen (secondary N) is 1. The van der Waals surface area contributed by atoms with Crippen LogP contribution in [-0.4, -0.2) is 47.5 Å². The van der Waals surface area contributed by atoms with Crippen LogP contribution in [0.2, 0.25) is 0 Å². The molecule has 1 saturated heterocycles. The molecule has 0 bridgehead atoms. The number of hydrogen-bond acceptors (Lipinski definition) is 5. The van der Waals surface area contributed by atoms with E-state index in [4.69, 9.17) is 9.47 Å². The zero-order valence-electron chi connectivity index (χ0n) is 16.3. The van der Waals surface area contributed by atoms with Crippen LogP contribution in [0, 0.1) is 5.92 Å². The summed E-state index contributed by atoms with van der Waals surface area (Å²) >= 11 is 0. The van der Waals surface area contributed by atoms with Crippen LogP contribution >= 0.6 is 0 Å². The number of hydrogen-bond donors (Lipinski definition) is 1. The second kappa shape index (κ2) is 6.65. The van der Waals surface area contributed by atoms with Crippen molar-refractivity contribution in [3.8, 4) is 0 Å². The summed E-state index contributed by atoms with van der Waals surface area (Å²) in [5.74, 6) is -1.54. The highest BCUT2D eigenvalue weighted by atomic mass is 16.5. The molecular formula is C21H24N2O5. The minimum Gasteiger partial charge on any atom is -0.467 e. The highest BCUT2D eigenvalue weighted by Crippen LogP contribution is 2.50. The SMILES string of the molecule is CCOC(=O)[C@H]1CCC(=O)N2[C@H](C(=O)OC)Cc3c([nH]c4ccccc34)[C@@]12C. The van der Waals surface area contributed by atoms with Crippen molar-refractivity contribution in [2.24, 2.45) is 5.92 Å². The predicted octanol–water partition coefficient (Wildman–Crippen LogP) is 2.28. The third kappa shape index (κ3) is 2.45. The first-order valence-electron chi connectivity index (χ1n) is 9.60. The van der Waals surface area contributed by atoms with E-state index in [0.717, 1.165) is 22.2 Å². The largest absolute Gasteiger partial charge is 0.467 e. The maximum absolute atomic E-state index is 13.0. The lowest BCUT2D eigenvalue weighted by molar-refractivity contribution is -0.176. The molecule has 0 aliphatic carbocycles. The molecule has 2 aromatic rings. The number of benzene rings is 1. The Labute approximate surface area is 163 Å². The van der Waals surface area contributed by atoms with E-state index in [9.17, 15) is 14.4 Å². The summed E-state index contributed by atoms with van der Waals surface area (Å²) in [7, 11) is 1.32. The van der Waals surface area contributed by atoms with Crippen molar-refractivity contribution < 1.29 is 23.9 Å². The van der Waals surface area contributed by atoms with Crippen LogP contribution in [0.5, 0.6) is 0 Å². The van der Waals surface area contributed by atoms with Gasteiger partial charge in [-0.1, -0.05) is 18.2 Å². The minimum atomic E-state index is -1.01. The van der Waals surface area contributed by atoms with Gasteiger partial charge in [0.05, 0.1) is 25.2 Å². The maximum atomic E-state index is 13.0. The van der Waals surface area contributed by atoms with Gasteiger partial charge in [-0.25, -0.2) is 4.79 Å². The summed E-state index contributed by atoms with van der Waals surface area (Å²) in [5, 5.41) is 0.993. The van der Waals surface area contributed by atoms with E-state index in [-0.39, 0.29) is 24.9 Å². The molecular weight excluding hydrogens is 360 g/mol. The highest BCUT2D eigenvalue weighted by molar-refractivity contribution is 5.93. The number of piperidine rings is 1. The van der Waals surface area contributed by atoms with Crippen molar-refractivity contribution in [1.82, 2.24) is 9.88 Å². The molecule has 1 N–H and O–H groups in total. The van der Waals surface area contributed by atoms with Crippen LogP contribution in [-0.2, 0) is 35.8 Å². The topological polar surface area (TPSA) is 88.7 Å². The number of para-hydroxylation sites is 1. The molecule has 4 rings (SSSR count). The Bertz CT molecular complexity index is 965. The summed E-state index contributed by atoms with van der Waals surface area (Å²) in [4.78, 5) is 43.4. The summed E-state index contributed by atoms with van der Waals surface area (Å²) in [6.45, 7) is 3.88. The van der Waals surface area contributed by atoms with Crippen LogP contribution < -0.4 is 0 Å². The Kier molecular flexibility index (Phi) is 4.40. The van der Waals surface area contributed by atoms with E-state index in [1.54, 1.807) is 11.8 Å². The van der Waals surface area contributed by atoms with Crippen molar-refractivity contribution >= 4 is 28.7 Å². The van der Waals surface area contributed by atoms with Gasteiger partial charge < -0.3 is 19.4 Å². The van der Waals surface area contributed by atoms with Gasteiger partial charge in [0.2, 0.25) is 5.91 Å². The van der Waals surface area contributed by atoms with Crippen molar-refractivity contribution in [2.45, 2.75) is 44.7 Å². The number of esters is 2. The quantitative estimate of drug-likeness (QED) is 0.820. The molecule has 3 atom stereocenters. The van der Waals surface area contributed by atoms with Crippen LogP contribution in [0.4, 0.5) is 0 Å². The van der Waals surface area contributed by atoms with Gasteiger partial charge in [-0.3, -0.25) is 9.59 Å². The Hall–Kier alpha value is -2.83. The number of nitrogens with zero attached hydrogens (tertiary/aromatic N) is 1. The molecule has 148 valence electrons. The van der Waals surface area contributed by atoms with Crippen molar-refractivity contribution in [3.05, 3.63) is 35.5 Å². The fourth-order valence-electron chi connectivity index (χ4n) is 4.93. The summed E-state index contributed by atoms with van der Waals surface area (Å²) in [6, 6.07) is 7.04. The number of rotatable bonds is 3. The van der Waals surface area contributed by atoms with Gasteiger partial charge in [0.25, 0.3) is 0 Å². The number of aromatic amines is 1. The van der Waals surface area contributed by atoms with Crippen LogP contribution in [0.3, 0.4) is 0 Å². The second-order valence-electron chi connectivity index (χ2n) is 7.52. The summed E-state index contributed by atoms with van der Waals surface area (Å²) in [6.07, 6.45) is 0.929. The number of amides is 1. The number of carbonyl (C=O) groups is 3. The average molecular weight is 384 g/mol. The zero-order valence-corrected chi connectivity index (χ0v) is 16.3. The lowest BCUT2D eigenvalue weighted by Gasteiger charge is -2.53. The van der Waals surface area contributed by atoms with Gasteiger partial charge in [0.15, 0.2) is 0 Å². The third-order valence-corrected chi connectivity index (χ3v) is 6.17. The molecule has 0 unspecified atom stereocenters. The van der Waals surface area contributed by atoms with Gasteiger partial charge >= 0.3 is 11.9 Å². The molecule has 0 spiro atoms. The average Bonchev–Trinajstić information content (AvgIpc) is 3.06. The number of methoxy groups -OCH3 is 1. The van der Waals surface area contributed by atoms with Crippen LogP contribution in [0.15, 0.2) is 24.3 Å². The molecule has 3 heterocycles. The van der Waals surface area contributed by atoms with Gasteiger partial charge in [0.1, 0.15) is 6.04 Å². The molecule has 7 nitrogen and oxygen atoms in total. The van der Waals surface area contributed by atoms with Gasteiger partial charge in [-0.05, 0) is 31.9 Å². The lowest BCUT2D eigenvalue weighted by Crippen LogP contribution is -2.66. The summed E-state index contributed by atoms with van der Waals surface area (Å²) in [5.41, 5.74) is 1.67. The maximum Gasteiger partial charge on any atom is 0.328 e. The first-order chi connectivity index (χ1) is 13.4. The van der Waals surface area contributed by atoms with E-state index in [1.165, 1.54) is 7.11 Å². The number of ether oxygens (including phenoxy) is 2. The minimum absolute atomic E-state index is 0.150. The second-order valence-corrected chi connectivity index (χ2v) is 7.52. The highest BCUT2D eigenvalue weighted by Gasteiger charge is 2.58. The van der Waals surface area contributed by atoms with E-state index in [0.29, 0.717) is 12.8 Å². The third-order valence-electron chi connectivity index (χ3n) is 6.17. The monoisotopic (exact) mass is 384 g/mol. The Morgan fingerprint density at radius 3 is 2.75 bits per heavy atom. The van der Waals surface area contributed by atoms with Gasteiger partial charge in [-0.15, -0.1) is 0 Å². The molecule has 2 aliphatic rings. The van der Waals surface area contributed by atoms with Crippen molar-refractivity contribution in [3.63, 3.8) is 0 Å². The first kappa shape index (κ1) is 18.5. The molecule has 0 radical (unpaired) electrons. The van der Waals surface area contributed by atoms with Crippen LogP contribution in [0.25, 0.3) is 10.9 Å². The number of H-pyrrole nitrogens is 1. The fourth-order valence-corrected chi connectivity index (χ4v) is 4.93. The first-order valence-corrected chi connectivity index (χ1v) is 9.60. The van der Waals surface area contributed by atoms with E-state index >= 15 is 0 Å². The smallest absolute Gasteiger partial charge is 0.328 e. The number of aromatic nitrogens is 1. The molecule has 1 aromatic carbocycles.